The number of aromatic nitrogens is 4. The van der Waals surface area contributed by atoms with E-state index in [2.05, 4.69) is 32.4 Å². The minimum absolute atomic E-state index is 0.632. The average molecular weight is 383 g/mol. The SMILES string of the molecule is COc1cc2nc(N3CCN(C)CC3)nc(Nc3cc(C)[nH]n3)c2cc1OC. The molecule has 1 aliphatic rings. The lowest BCUT2D eigenvalue weighted by molar-refractivity contribution is 0.311. The molecule has 9 heteroatoms. The molecule has 0 spiro atoms. The fourth-order valence-electron chi connectivity index (χ4n) is 3.29. The van der Waals surface area contributed by atoms with Crippen LogP contribution in [-0.2, 0) is 0 Å². The van der Waals surface area contributed by atoms with Gasteiger partial charge in [-0.3, -0.25) is 5.10 Å². The minimum atomic E-state index is 0.632. The summed E-state index contributed by atoms with van der Waals surface area (Å²) in [5.41, 5.74) is 1.76. The highest BCUT2D eigenvalue weighted by atomic mass is 16.5. The van der Waals surface area contributed by atoms with Crippen molar-refractivity contribution >= 4 is 28.5 Å². The van der Waals surface area contributed by atoms with Gasteiger partial charge in [0.15, 0.2) is 17.3 Å². The molecule has 0 atom stereocenters. The van der Waals surface area contributed by atoms with Crippen LogP contribution < -0.4 is 19.7 Å². The molecule has 3 heterocycles. The Hall–Kier alpha value is -3.07. The first-order chi connectivity index (χ1) is 13.6. The Morgan fingerprint density at radius 1 is 1.00 bits per heavy atom. The van der Waals surface area contributed by atoms with Gasteiger partial charge in [-0.25, -0.2) is 4.98 Å². The highest BCUT2D eigenvalue weighted by Gasteiger charge is 2.20. The zero-order chi connectivity index (χ0) is 19.7. The molecular formula is C19H25N7O2. The fourth-order valence-corrected chi connectivity index (χ4v) is 3.29. The van der Waals surface area contributed by atoms with Crippen molar-refractivity contribution in [1.29, 1.82) is 0 Å². The lowest BCUT2D eigenvalue weighted by atomic mass is 10.2. The maximum absolute atomic E-state index is 5.47. The molecule has 1 aliphatic heterocycles. The minimum Gasteiger partial charge on any atom is -0.493 e. The number of nitrogens with zero attached hydrogens (tertiary/aromatic N) is 5. The zero-order valence-electron chi connectivity index (χ0n) is 16.6. The lowest BCUT2D eigenvalue weighted by Crippen LogP contribution is -2.45. The molecule has 148 valence electrons. The first-order valence-corrected chi connectivity index (χ1v) is 9.23. The number of H-pyrrole nitrogens is 1. The summed E-state index contributed by atoms with van der Waals surface area (Å²) in [5, 5.41) is 11.4. The van der Waals surface area contributed by atoms with Gasteiger partial charge in [0.25, 0.3) is 0 Å². The normalized spacial score (nSPS) is 15.1. The van der Waals surface area contributed by atoms with Crippen LogP contribution in [0.1, 0.15) is 5.69 Å². The van der Waals surface area contributed by atoms with Crippen LogP contribution in [0.25, 0.3) is 10.9 Å². The van der Waals surface area contributed by atoms with Crippen molar-refractivity contribution in [2.75, 3.05) is 57.7 Å². The standard InChI is InChI=1S/C19H25N7O2/c1-12-9-17(24-23-12)21-18-13-10-15(27-3)16(28-4)11-14(13)20-19(22-18)26-7-5-25(2)6-8-26/h9-11H,5-8H2,1-4H3,(H2,20,21,22,23,24). The Bertz CT molecular complexity index is 980. The number of rotatable bonds is 5. The Morgan fingerprint density at radius 3 is 2.36 bits per heavy atom. The Labute approximate surface area is 163 Å². The smallest absolute Gasteiger partial charge is 0.227 e. The van der Waals surface area contributed by atoms with Crippen LogP contribution in [0, 0.1) is 6.92 Å². The van der Waals surface area contributed by atoms with Gasteiger partial charge in [-0.1, -0.05) is 0 Å². The second-order valence-electron chi connectivity index (χ2n) is 6.95. The summed E-state index contributed by atoms with van der Waals surface area (Å²) >= 11 is 0. The average Bonchev–Trinajstić information content (AvgIpc) is 3.12. The van der Waals surface area contributed by atoms with Crippen LogP contribution in [0.4, 0.5) is 17.6 Å². The van der Waals surface area contributed by atoms with E-state index in [9.17, 15) is 0 Å². The van der Waals surface area contributed by atoms with Gasteiger partial charge < -0.3 is 24.6 Å². The van der Waals surface area contributed by atoms with Crippen LogP contribution in [0.15, 0.2) is 18.2 Å². The molecule has 1 fully saturated rings. The number of hydrogen-bond acceptors (Lipinski definition) is 8. The number of hydrogen-bond donors (Lipinski definition) is 2. The molecule has 0 bridgehead atoms. The van der Waals surface area contributed by atoms with Crippen LogP contribution in [0.3, 0.4) is 0 Å². The number of methoxy groups -OCH3 is 2. The number of piperazine rings is 1. The van der Waals surface area contributed by atoms with Gasteiger partial charge in [0.05, 0.1) is 19.7 Å². The van der Waals surface area contributed by atoms with E-state index in [0.29, 0.717) is 29.1 Å². The quantitative estimate of drug-likeness (QED) is 0.693. The van der Waals surface area contributed by atoms with E-state index >= 15 is 0 Å². The van der Waals surface area contributed by atoms with Gasteiger partial charge in [-0.2, -0.15) is 10.1 Å². The maximum Gasteiger partial charge on any atom is 0.227 e. The van der Waals surface area contributed by atoms with Crippen LogP contribution in [-0.4, -0.2) is 72.5 Å². The summed E-state index contributed by atoms with van der Waals surface area (Å²) in [5.74, 6) is 3.36. The number of aryl methyl sites for hydroxylation is 1. The van der Waals surface area contributed by atoms with Crippen LogP contribution >= 0.6 is 0 Å². The molecule has 1 aromatic carbocycles. The van der Waals surface area contributed by atoms with Crippen molar-refractivity contribution in [1.82, 2.24) is 25.1 Å². The van der Waals surface area contributed by atoms with Gasteiger partial charge in [0.2, 0.25) is 5.95 Å². The van der Waals surface area contributed by atoms with Crippen molar-refractivity contribution in [3.63, 3.8) is 0 Å². The summed E-state index contributed by atoms with van der Waals surface area (Å²) < 4.78 is 10.9. The summed E-state index contributed by atoms with van der Waals surface area (Å²) in [6, 6.07) is 5.71. The molecule has 2 N–H and O–H groups in total. The van der Waals surface area contributed by atoms with E-state index in [4.69, 9.17) is 19.4 Å². The van der Waals surface area contributed by atoms with E-state index in [1.54, 1.807) is 14.2 Å². The summed E-state index contributed by atoms with van der Waals surface area (Å²) in [6.07, 6.45) is 0. The van der Waals surface area contributed by atoms with Gasteiger partial charge in [-0.05, 0) is 20.0 Å². The van der Waals surface area contributed by atoms with E-state index in [-0.39, 0.29) is 0 Å². The number of anilines is 3. The molecule has 0 radical (unpaired) electrons. The molecule has 28 heavy (non-hydrogen) atoms. The van der Waals surface area contributed by atoms with Crippen molar-refractivity contribution in [3.8, 4) is 11.5 Å². The maximum atomic E-state index is 5.47. The predicted molar refractivity (Wildman–Crippen MR) is 109 cm³/mol. The number of nitrogens with one attached hydrogen (secondary N) is 2. The number of ether oxygens (including phenoxy) is 2. The van der Waals surface area contributed by atoms with Crippen LogP contribution in [0.2, 0.25) is 0 Å². The third kappa shape index (κ3) is 3.53. The van der Waals surface area contributed by atoms with Gasteiger partial charge >= 0.3 is 0 Å². The topological polar surface area (TPSA) is 91.4 Å². The number of aromatic amines is 1. The number of fused-ring (bicyclic) bond motifs is 1. The van der Waals surface area contributed by atoms with Gasteiger partial charge in [0, 0.05) is 49.4 Å². The number of likely N-dealkylation sites (N-methyl/N-ethyl adjacent to an activating group) is 1. The number of benzene rings is 1. The molecule has 3 aromatic rings. The lowest BCUT2D eigenvalue weighted by Gasteiger charge is -2.32. The largest absolute Gasteiger partial charge is 0.493 e. The molecule has 0 unspecified atom stereocenters. The van der Waals surface area contributed by atoms with E-state index < -0.39 is 0 Å². The van der Waals surface area contributed by atoms with Crippen molar-refractivity contribution in [2.45, 2.75) is 6.92 Å². The van der Waals surface area contributed by atoms with Crippen molar-refractivity contribution < 1.29 is 9.47 Å². The molecule has 9 nitrogen and oxygen atoms in total. The third-order valence-electron chi connectivity index (χ3n) is 4.93. The third-order valence-corrected chi connectivity index (χ3v) is 4.93. The summed E-state index contributed by atoms with van der Waals surface area (Å²) in [6.45, 7) is 5.69. The Morgan fingerprint density at radius 2 is 1.71 bits per heavy atom. The first-order valence-electron chi connectivity index (χ1n) is 9.23. The summed E-state index contributed by atoms with van der Waals surface area (Å²) in [4.78, 5) is 14.1. The molecule has 0 amide bonds. The first kappa shape index (κ1) is 18.3. The predicted octanol–water partition coefficient (Wildman–Crippen LogP) is 2.17. The molecular weight excluding hydrogens is 358 g/mol. The van der Waals surface area contributed by atoms with Gasteiger partial charge in [-0.15, -0.1) is 0 Å². The Balaban J connectivity index is 1.82. The highest BCUT2D eigenvalue weighted by molar-refractivity contribution is 5.94. The summed E-state index contributed by atoms with van der Waals surface area (Å²) in [7, 11) is 5.37. The highest BCUT2D eigenvalue weighted by Crippen LogP contribution is 2.35. The monoisotopic (exact) mass is 383 g/mol. The molecule has 2 aromatic heterocycles. The molecule has 4 rings (SSSR count). The Kier molecular flexibility index (Phi) is 4.91. The second kappa shape index (κ2) is 7.51. The van der Waals surface area contributed by atoms with E-state index in [0.717, 1.165) is 42.8 Å². The fraction of sp³-hybridized carbons (Fsp3) is 0.421. The zero-order valence-corrected chi connectivity index (χ0v) is 16.6. The second-order valence-corrected chi connectivity index (χ2v) is 6.95. The van der Waals surface area contributed by atoms with Crippen molar-refractivity contribution in [3.05, 3.63) is 23.9 Å². The van der Waals surface area contributed by atoms with E-state index in [1.807, 2.05) is 25.1 Å². The van der Waals surface area contributed by atoms with Crippen molar-refractivity contribution in [2.24, 2.45) is 0 Å². The molecule has 0 aliphatic carbocycles. The van der Waals surface area contributed by atoms with Crippen LogP contribution in [0.5, 0.6) is 11.5 Å². The molecule has 0 saturated carbocycles. The molecule has 1 saturated heterocycles. The van der Waals surface area contributed by atoms with E-state index in [1.165, 1.54) is 0 Å². The van der Waals surface area contributed by atoms with Gasteiger partial charge in [0.1, 0.15) is 5.82 Å².